The van der Waals surface area contributed by atoms with Gasteiger partial charge in [0.1, 0.15) is 5.75 Å². The molecule has 2 aliphatic heterocycles. The van der Waals surface area contributed by atoms with Crippen LogP contribution in [0.1, 0.15) is 15.9 Å². The first kappa shape index (κ1) is 13.6. The zero-order valence-electron chi connectivity index (χ0n) is 12.4. The van der Waals surface area contributed by atoms with Gasteiger partial charge in [-0.05, 0) is 28.9 Å². The van der Waals surface area contributed by atoms with Gasteiger partial charge >= 0.3 is 0 Å². The third kappa shape index (κ3) is 1.95. The molecule has 0 aliphatic carbocycles. The first-order valence-electron chi connectivity index (χ1n) is 7.24. The summed E-state index contributed by atoms with van der Waals surface area (Å²) in [6.07, 6.45) is 2.49. The van der Waals surface area contributed by atoms with Crippen LogP contribution in [-0.4, -0.2) is 25.3 Å². The SMILES string of the molecule is COc1cc2c(cc1N=O)N=CC1Cc3ccccc3N1C2=O. The van der Waals surface area contributed by atoms with E-state index in [1.165, 1.54) is 19.2 Å². The number of methoxy groups -OCH3 is 1. The van der Waals surface area contributed by atoms with Crippen LogP contribution in [0.2, 0.25) is 0 Å². The van der Waals surface area contributed by atoms with E-state index >= 15 is 0 Å². The van der Waals surface area contributed by atoms with Gasteiger partial charge < -0.3 is 4.74 Å². The zero-order chi connectivity index (χ0) is 16.0. The van der Waals surface area contributed by atoms with E-state index in [1.807, 2.05) is 24.3 Å². The number of anilines is 1. The van der Waals surface area contributed by atoms with Crippen molar-refractivity contribution in [1.82, 2.24) is 0 Å². The fourth-order valence-corrected chi connectivity index (χ4v) is 3.16. The van der Waals surface area contributed by atoms with Crippen LogP contribution in [0, 0.1) is 4.91 Å². The molecule has 6 heteroatoms. The van der Waals surface area contributed by atoms with Crippen molar-refractivity contribution < 1.29 is 9.53 Å². The molecule has 0 bridgehead atoms. The first-order valence-corrected chi connectivity index (χ1v) is 7.24. The number of rotatable bonds is 2. The molecule has 114 valence electrons. The topological polar surface area (TPSA) is 71.3 Å². The minimum absolute atomic E-state index is 0.120. The summed E-state index contributed by atoms with van der Waals surface area (Å²) >= 11 is 0. The molecule has 4 rings (SSSR count). The highest BCUT2D eigenvalue weighted by Gasteiger charge is 2.36. The summed E-state index contributed by atoms with van der Waals surface area (Å²) in [4.78, 5) is 30.1. The van der Waals surface area contributed by atoms with Gasteiger partial charge in [-0.1, -0.05) is 18.2 Å². The number of nitroso groups, excluding NO2 is 1. The monoisotopic (exact) mass is 307 g/mol. The van der Waals surface area contributed by atoms with Crippen LogP contribution in [0.25, 0.3) is 0 Å². The summed E-state index contributed by atoms with van der Waals surface area (Å²) < 4.78 is 5.16. The van der Waals surface area contributed by atoms with E-state index in [9.17, 15) is 9.70 Å². The molecule has 1 unspecified atom stereocenters. The lowest BCUT2D eigenvalue weighted by Crippen LogP contribution is -2.37. The lowest BCUT2D eigenvalue weighted by atomic mass is 10.1. The molecule has 2 aliphatic rings. The van der Waals surface area contributed by atoms with Crippen LogP contribution in [0.5, 0.6) is 5.75 Å². The van der Waals surface area contributed by atoms with E-state index in [2.05, 4.69) is 10.2 Å². The van der Waals surface area contributed by atoms with Crippen molar-refractivity contribution in [3.63, 3.8) is 0 Å². The van der Waals surface area contributed by atoms with Crippen molar-refractivity contribution in [2.24, 2.45) is 10.2 Å². The highest BCUT2D eigenvalue weighted by molar-refractivity contribution is 6.15. The van der Waals surface area contributed by atoms with Crippen molar-refractivity contribution in [1.29, 1.82) is 0 Å². The van der Waals surface area contributed by atoms with Crippen LogP contribution in [-0.2, 0) is 6.42 Å². The summed E-state index contributed by atoms with van der Waals surface area (Å²) in [5.41, 5.74) is 3.01. The summed E-state index contributed by atoms with van der Waals surface area (Å²) in [6, 6.07) is 10.7. The minimum Gasteiger partial charge on any atom is -0.494 e. The van der Waals surface area contributed by atoms with Gasteiger partial charge in [-0.15, -0.1) is 4.91 Å². The molecule has 0 saturated carbocycles. The lowest BCUT2D eigenvalue weighted by Gasteiger charge is -2.21. The molecule has 0 N–H and O–H groups in total. The maximum atomic E-state index is 13.0. The Bertz CT molecular complexity index is 860. The predicted octanol–water partition coefficient (Wildman–Crippen LogP) is 3.38. The van der Waals surface area contributed by atoms with Crippen LogP contribution < -0.4 is 9.64 Å². The third-order valence-electron chi connectivity index (χ3n) is 4.24. The van der Waals surface area contributed by atoms with Gasteiger partial charge in [-0.2, -0.15) is 0 Å². The number of hydrogen-bond donors (Lipinski definition) is 0. The standard InChI is InChI=1S/C17H13N3O3/c1-23-16-7-12-13(8-14(16)19-22)18-9-11-6-10-4-2-3-5-15(10)20(11)17(12)21/h2-5,7-9,11H,6H2,1H3. The molecule has 1 amide bonds. The molecule has 1 atom stereocenters. The Hall–Kier alpha value is -3.02. The Balaban J connectivity index is 1.88. The van der Waals surface area contributed by atoms with Gasteiger partial charge in [0, 0.05) is 18.3 Å². The molecule has 0 fully saturated rings. The average molecular weight is 307 g/mol. The number of ether oxygens (including phenoxy) is 1. The number of amides is 1. The number of nitrogens with zero attached hydrogens (tertiary/aromatic N) is 3. The summed E-state index contributed by atoms with van der Waals surface area (Å²) in [5, 5.41) is 2.94. The number of benzene rings is 2. The maximum Gasteiger partial charge on any atom is 0.261 e. The number of para-hydroxylation sites is 1. The molecule has 0 aromatic heterocycles. The van der Waals surface area contributed by atoms with Gasteiger partial charge in [0.05, 0.1) is 24.4 Å². The van der Waals surface area contributed by atoms with E-state index in [-0.39, 0.29) is 23.4 Å². The number of aliphatic imine (C=N–C) groups is 1. The quantitative estimate of drug-likeness (QED) is 0.798. The van der Waals surface area contributed by atoms with E-state index in [0.717, 1.165) is 17.7 Å². The first-order chi connectivity index (χ1) is 11.2. The van der Waals surface area contributed by atoms with Gasteiger partial charge in [0.25, 0.3) is 5.91 Å². The maximum absolute atomic E-state index is 13.0. The Morgan fingerprint density at radius 1 is 1.30 bits per heavy atom. The average Bonchev–Trinajstić information content (AvgIpc) is 2.90. The highest BCUT2D eigenvalue weighted by atomic mass is 16.5. The van der Waals surface area contributed by atoms with Crippen molar-refractivity contribution in [3.8, 4) is 5.75 Å². The molecule has 6 nitrogen and oxygen atoms in total. The normalized spacial score (nSPS) is 18.0. The smallest absolute Gasteiger partial charge is 0.261 e. The van der Waals surface area contributed by atoms with Gasteiger partial charge in [-0.25, -0.2) is 0 Å². The fraction of sp³-hybridized carbons (Fsp3) is 0.176. The van der Waals surface area contributed by atoms with Crippen molar-refractivity contribution in [2.75, 3.05) is 12.0 Å². The van der Waals surface area contributed by atoms with Gasteiger partial charge in [0.15, 0.2) is 5.69 Å². The summed E-state index contributed by atoms with van der Waals surface area (Å²) in [7, 11) is 1.44. The molecule has 2 aromatic carbocycles. The van der Waals surface area contributed by atoms with Crippen molar-refractivity contribution >= 4 is 29.2 Å². The van der Waals surface area contributed by atoms with Gasteiger partial charge in [-0.3, -0.25) is 14.7 Å². The molecule has 23 heavy (non-hydrogen) atoms. The second-order valence-corrected chi connectivity index (χ2v) is 5.49. The Morgan fingerprint density at radius 3 is 2.91 bits per heavy atom. The molecule has 2 aromatic rings. The molecule has 0 radical (unpaired) electrons. The fourth-order valence-electron chi connectivity index (χ4n) is 3.16. The van der Waals surface area contributed by atoms with Crippen LogP contribution in [0.3, 0.4) is 0 Å². The number of carbonyl (C=O) groups is 1. The third-order valence-corrected chi connectivity index (χ3v) is 4.24. The van der Waals surface area contributed by atoms with Crippen LogP contribution in [0.4, 0.5) is 17.1 Å². The number of carbonyl (C=O) groups excluding carboxylic acids is 1. The van der Waals surface area contributed by atoms with E-state index in [1.54, 1.807) is 11.1 Å². The molecule has 0 spiro atoms. The van der Waals surface area contributed by atoms with Gasteiger partial charge in [0.2, 0.25) is 0 Å². The van der Waals surface area contributed by atoms with E-state index in [0.29, 0.717) is 11.3 Å². The second kappa shape index (κ2) is 5.01. The summed E-state index contributed by atoms with van der Waals surface area (Å²) in [5.74, 6) is 0.122. The lowest BCUT2D eigenvalue weighted by molar-refractivity contribution is 0.0987. The van der Waals surface area contributed by atoms with E-state index in [4.69, 9.17) is 4.74 Å². The second-order valence-electron chi connectivity index (χ2n) is 5.49. The molecular formula is C17H13N3O3. The van der Waals surface area contributed by atoms with Crippen molar-refractivity contribution in [2.45, 2.75) is 12.5 Å². The number of fused-ring (bicyclic) bond motifs is 4. The Kier molecular flexibility index (Phi) is 2.97. The van der Waals surface area contributed by atoms with E-state index < -0.39 is 0 Å². The molecular weight excluding hydrogens is 294 g/mol. The zero-order valence-corrected chi connectivity index (χ0v) is 12.4. The minimum atomic E-state index is -0.150. The Labute approximate surface area is 132 Å². The predicted molar refractivity (Wildman–Crippen MR) is 87.3 cm³/mol. The van der Waals surface area contributed by atoms with Crippen LogP contribution in [0.15, 0.2) is 46.6 Å². The van der Waals surface area contributed by atoms with Crippen molar-refractivity contribution in [3.05, 3.63) is 52.4 Å². The molecule has 0 saturated heterocycles. The number of hydrogen-bond acceptors (Lipinski definition) is 5. The highest BCUT2D eigenvalue weighted by Crippen LogP contribution is 2.40. The molecule has 2 heterocycles. The Morgan fingerprint density at radius 2 is 2.13 bits per heavy atom. The van der Waals surface area contributed by atoms with Crippen LogP contribution >= 0.6 is 0 Å². The largest absolute Gasteiger partial charge is 0.494 e. The summed E-state index contributed by atoms with van der Waals surface area (Å²) in [6.45, 7) is 0.